The molecule has 0 radical (unpaired) electrons. The molecule has 3 aromatic rings. The van der Waals surface area contributed by atoms with Crippen LogP contribution >= 0.6 is 7.82 Å². The molecule has 6 atom stereocenters. The molecule has 14 heteroatoms. The second-order valence-corrected chi connectivity index (χ2v) is 9.98. The van der Waals surface area contributed by atoms with Gasteiger partial charge in [0.25, 0.3) is 5.56 Å². The van der Waals surface area contributed by atoms with Gasteiger partial charge in [-0.05, 0) is 24.6 Å². The Hall–Kier alpha value is -2.64. The van der Waals surface area contributed by atoms with Crippen molar-refractivity contribution in [3.8, 4) is 0 Å². The topological polar surface area (TPSA) is 184 Å². The van der Waals surface area contributed by atoms with Crippen molar-refractivity contribution in [2.75, 3.05) is 18.9 Å². The summed E-state index contributed by atoms with van der Waals surface area (Å²) >= 11 is 0. The summed E-state index contributed by atoms with van der Waals surface area (Å²) in [5, 5.41) is 22.0. The Kier molecular flexibility index (Phi) is 5.81. The normalized spacial score (nSPS) is 34.0. The van der Waals surface area contributed by atoms with Gasteiger partial charge in [-0.2, -0.15) is 4.98 Å². The number of anilines is 1. The zero-order valence-corrected chi connectivity index (χ0v) is 19.0. The maximum atomic E-state index is 13.0. The highest BCUT2D eigenvalue weighted by atomic mass is 31.2. The third-order valence-corrected chi connectivity index (χ3v) is 7.42. The fraction of sp³-hybridized carbons (Fsp3) is 0.450. The van der Waals surface area contributed by atoms with Gasteiger partial charge in [-0.15, -0.1) is 0 Å². The number of H-pyrrole nitrogens is 1. The summed E-state index contributed by atoms with van der Waals surface area (Å²) in [6, 6.07) is 5.04. The van der Waals surface area contributed by atoms with Crippen molar-refractivity contribution in [1.82, 2.24) is 19.5 Å². The van der Waals surface area contributed by atoms with E-state index in [1.807, 2.05) is 0 Å². The van der Waals surface area contributed by atoms with Crippen LogP contribution in [0.15, 0.2) is 41.6 Å². The van der Waals surface area contributed by atoms with Crippen LogP contribution in [0.3, 0.4) is 0 Å². The highest BCUT2D eigenvalue weighted by Gasteiger charge is 2.54. The van der Waals surface area contributed by atoms with Crippen molar-refractivity contribution in [3.63, 3.8) is 0 Å². The Balaban J connectivity index is 1.33. The molecule has 34 heavy (non-hydrogen) atoms. The number of phosphoric acid groups is 1. The van der Waals surface area contributed by atoms with Crippen LogP contribution in [0.5, 0.6) is 0 Å². The van der Waals surface area contributed by atoms with Crippen molar-refractivity contribution in [3.05, 3.63) is 52.7 Å². The van der Waals surface area contributed by atoms with E-state index in [9.17, 15) is 19.6 Å². The van der Waals surface area contributed by atoms with Crippen molar-refractivity contribution in [2.45, 2.75) is 43.5 Å². The molecule has 0 aliphatic carbocycles. The van der Waals surface area contributed by atoms with Crippen molar-refractivity contribution in [2.24, 2.45) is 0 Å². The number of fused-ring (bicyclic) bond motifs is 1. The third-order valence-electron chi connectivity index (χ3n) is 5.95. The number of rotatable bonds is 5. The number of nitrogens with zero attached hydrogens (tertiary/aromatic N) is 3. The molecular formula is C20H24N5O8P. The molecule has 13 nitrogen and oxygen atoms in total. The van der Waals surface area contributed by atoms with E-state index in [1.165, 1.54) is 23.8 Å². The summed E-state index contributed by atoms with van der Waals surface area (Å²) in [6.07, 6.45) is 1.00. The molecule has 2 aliphatic rings. The summed E-state index contributed by atoms with van der Waals surface area (Å²) in [5.74, 6) is -0.108. The number of hydrogen-bond acceptors (Lipinski definition) is 11. The molecule has 0 aromatic carbocycles. The second-order valence-electron chi connectivity index (χ2n) is 8.35. The van der Waals surface area contributed by atoms with Crippen LogP contribution in [0.4, 0.5) is 5.95 Å². The van der Waals surface area contributed by atoms with Gasteiger partial charge in [0.2, 0.25) is 5.95 Å². The Morgan fingerprint density at radius 1 is 1.44 bits per heavy atom. The number of aromatic amines is 1. The number of nitrogens with two attached hydrogens (primary N) is 1. The monoisotopic (exact) mass is 493 g/mol. The largest absolute Gasteiger partial charge is 0.475 e. The fourth-order valence-electron chi connectivity index (χ4n) is 4.16. The molecule has 0 unspecified atom stereocenters. The molecule has 0 bridgehead atoms. The van der Waals surface area contributed by atoms with Gasteiger partial charge in [0.1, 0.15) is 17.8 Å². The van der Waals surface area contributed by atoms with Gasteiger partial charge in [0.05, 0.1) is 24.7 Å². The number of aromatic nitrogens is 4. The summed E-state index contributed by atoms with van der Waals surface area (Å²) in [4.78, 5) is 22.7. The third kappa shape index (κ3) is 4.05. The predicted octanol–water partition coefficient (Wildman–Crippen LogP) is 1.01. The van der Waals surface area contributed by atoms with E-state index >= 15 is 0 Å². The lowest BCUT2D eigenvalue weighted by Crippen LogP contribution is -2.44. The van der Waals surface area contributed by atoms with Gasteiger partial charge in [-0.25, -0.2) is 4.57 Å². The first-order chi connectivity index (χ1) is 16.2. The van der Waals surface area contributed by atoms with Gasteiger partial charge in [0, 0.05) is 25.0 Å². The molecule has 5 rings (SSSR count). The maximum Gasteiger partial charge on any atom is 0.475 e. The van der Waals surface area contributed by atoms with E-state index < -0.39 is 43.5 Å². The smallest absolute Gasteiger partial charge is 0.387 e. The van der Waals surface area contributed by atoms with Crippen LogP contribution < -0.4 is 11.3 Å². The van der Waals surface area contributed by atoms with E-state index in [1.54, 1.807) is 24.5 Å². The molecule has 5 N–H and O–H groups in total. The lowest BCUT2D eigenvalue weighted by atomic mass is 9.96. The summed E-state index contributed by atoms with van der Waals surface area (Å²) in [5.41, 5.74) is 4.30. The quantitative estimate of drug-likeness (QED) is 0.372. The van der Waals surface area contributed by atoms with Crippen molar-refractivity contribution < 1.29 is 33.1 Å². The molecule has 2 fully saturated rings. The van der Waals surface area contributed by atoms with E-state index in [0.717, 1.165) is 5.56 Å². The van der Waals surface area contributed by atoms with Gasteiger partial charge in [-0.1, -0.05) is 6.07 Å². The number of nitrogen functional groups attached to an aromatic ring is 1. The van der Waals surface area contributed by atoms with Crippen LogP contribution in [-0.4, -0.2) is 60.8 Å². The number of aliphatic hydroxyl groups excluding tert-OH is 1. The molecule has 5 heterocycles. The Morgan fingerprint density at radius 2 is 2.26 bits per heavy atom. The number of nitrogens with one attached hydrogen (secondary N) is 1. The second kappa shape index (κ2) is 8.54. The highest BCUT2D eigenvalue weighted by Crippen LogP contribution is 2.57. The Bertz CT molecular complexity index is 1300. The molecule has 3 aromatic heterocycles. The molecule has 2 aliphatic heterocycles. The molecule has 0 spiro atoms. The fourth-order valence-corrected chi connectivity index (χ4v) is 5.56. The number of pyridine rings is 1. The van der Waals surface area contributed by atoms with Crippen LogP contribution in [0.25, 0.3) is 11.0 Å². The minimum atomic E-state index is -3.97. The first kappa shape index (κ1) is 23.1. The summed E-state index contributed by atoms with van der Waals surface area (Å²) < 4.78 is 36.6. The van der Waals surface area contributed by atoms with Gasteiger partial charge in [0.15, 0.2) is 11.9 Å². The molecule has 0 saturated carbocycles. The van der Waals surface area contributed by atoms with Crippen LogP contribution in [0.1, 0.15) is 31.2 Å². The summed E-state index contributed by atoms with van der Waals surface area (Å²) in [7, 11) is -3.97. The van der Waals surface area contributed by atoms with Crippen LogP contribution in [-0.2, 0) is 22.9 Å². The SMILES string of the molecule is C[C@@]1(O)[C@H](O)[C@@H](CO[P@@]2(=O)OCC[C@@H](c3cccnc3)O2)O[C@H]1n1ccc2c(=O)[nH]c(N)nc21. The number of aliphatic hydroxyl groups is 2. The standard InChI is InChI=1S/C20H24N5O8P/c1-20(28)15(26)14(32-18(20)25-7-4-12-16(25)23-19(21)24-17(12)27)10-31-34(29)30-8-5-13(33-34)11-3-2-6-22-9-11/h2-4,6-7,9,13-15,18,26,28H,5,8,10H2,1H3,(H3,21,23,24,27)/t13-,14+,15+,18+,20+,34+/m0/s1. The average Bonchev–Trinajstić information content (AvgIpc) is 3.32. The van der Waals surface area contributed by atoms with Gasteiger partial charge < -0.3 is 25.3 Å². The molecule has 2 saturated heterocycles. The van der Waals surface area contributed by atoms with Crippen LogP contribution in [0, 0.1) is 0 Å². The van der Waals surface area contributed by atoms with E-state index in [2.05, 4.69) is 15.0 Å². The molecule has 0 amide bonds. The Labute approximate surface area is 193 Å². The molecular weight excluding hydrogens is 469 g/mol. The minimum absolute atomic E-state index is 0.108. The zero-order valence-electron chi connectivity index (χ0n) is 18.1. The van der Waals surface area contributed by atoms with Crippen molar-refractivity contribution >= 4 is 24.8 Å². The molecule has 182 valence electrons. The lowest BCUT2D eigenvalue weighted by Gasteiger charge is -2.30. The highest BCUT2D eigenvalue weighted by molar-refractivity contribution is 7.48. The number of phosphoric ester groups is 1. The summed E-state index contributed by atoms with van der Waals surface area (Å²) in [6.45, 7) is 1.13. The number of ether oxygens (including phenoxy) is 1. The average molecular weight is 493 g/mol. The lowest BCUT2D eigenvalue weighted by molar-refractivity contribution is -0.0950. The van der Waals surface area contributed by atoms with E-state index in [0.29, 0.717) is 6.42 Å². The predicted molar refractivity (Wildman–Crippen MR) is 117 cm³/mol. The van der Waals surface area contributed by atoms with Crippen molar-refractivity contribution in [1.29, 1.82) is 0 Å². The van der Waals surface area contributed by atoms with E-state index in [-0.39, 0.29) is 30.2 Å². The minimum Gasteiger partial charge on any atom is -0.387 e. The van der Waals surface area contributed by atoms with Gasteiger partial charge >= 0.3 is 7.82 Å². The first-order valence-corrected chi connectivity index (χ1v) is 12.0. The zero-order chi connectivity index (χ0) is 24.1. The van der Waals surface area contributed by atoms with E-state index in [4.69, 9.17) is 24.0 Å². The first-order valence-electron chi connectivity index (χ1n) is 10.6. The van der Waals surface area contributed by atoms with Gasteiger partial charge in [-0.3, -0.25) is 28.3 Å². The van der Waals surface area contributed by atoms with Crippen LogP contribution in [0.2, 0.25) is 0 Å². The number of hydrogen-bond donors (Lipinski definition) is 4. The maximum absolute atomic E-state index is 13.0. The Morgan fingerprint density at radius 3 is 3.03 bits per heavy atom.